The van der Waals surface area contributed by atoms with Crippen molar-refractivity contribution < 1.29 is 14.1 Å². The number of anilines is 1. The highest BCUT2D eigenvalue weighted by atomic mass is 16.6. The number of nitrogens with zero attached hydrogens (tertiary/aromatic N) is 2. The lowest BCUT2D eigenvalue weighted by Gasteiger charge is -2.07. The normalized spacial score (nSPS) is 10.9. The summed E-state index contributed by atoms with van der Waals surface area (Å²) in [4.78, 5) is 26.9. The van der Waals surface area contributed by atoms with Gasteiger partial charge in [-0.05, 0) is 24.0 Å². The fraction of sp³-hybridized carbons (Fsp3) is 0.273. The van der Waals surface area contributed by atoms with Crippen molar-refractivity contribution in [3.63, 3.8) is 0 Å². The smallest absolute Gasteiger partial charge is 0.271 e. The van der Waals surface area contributed by atoms with E-state index in [1.54, 1.807) is 19.2 Å². The van der Waals surface area contributed by atoms with Gasteiger partial charge in [0.05, 0.1) is 16.8 Å². The summed E-state index contributed by atoms with van der Waals surface area (Å²) >= 11 is 0. The van der Waals surface area contributed by atoms with Crippen LogP contribution in [0.2, 0.25) is 0 Å². The Morgan fingerprint density at radius 1 is 1.21 bits per heavy atom. The molecule has 0 fully saturated rings. The molecule has 0 aliphatic carbocycles. The maximum atomic E-state index is 12.2. The summed E-state index contributed by atoms with van der Waals surface area (Å²) in [7, 11) is 0. The molecule has 0 aliphatic rings. The molecule has 7 heteroatoms. The number of amides is 1. The summed E-state index contributed by atoms with van der Waals surface area (Å²) in [5.41, 5.74) is 3.31. The Hall–Kier alpha value is -3.48. The number of benzene rings is 2. The van der Waals surface area contributed by atoms with Gasteiger partial charge < -0.3 is 9.73 Å². The Bertz CT molecular complexity index is 1020. The minimum absolute atomic E-state index is 0.0632. The zero-order chi connectivity index (χ0) is 21.0. The largest absolute Gasteiger partial charge is 0.441 e. The van der Waals surface area contributed by atoms with Crippen LogP contribution in [0.5, 0.6) is 0 Å². The topological polar surface area (TPSA) is 98.3 Å². The van der Waals surface area contributed by atoms with Gasteiger partial charge in [0.2, 0.25) is 5.91 Å². The molecule has 0 bridgehead atoms. The Balaban J connectivity index is 1.60. The molecular weight excluding hydrogens is 370 g/mol. The van der Waals surface area contributed by atoms with E-state index in [1.807, 2.05) is 12.1 Å². The van der Waals surface area contributed by atoms with Crippen molar-refractivity contribution >= 4 is 17.3 Å². The molecule has 150 valence electrons. The number of carbonyl (C=O) groups excluding carboxylic acids is 1. The Kier molecular flexibility index (Phi) is 6.07. The predicted molar refractivity (Wildman–Crippen MR) is 111 cm³/mol. The molecule has 0 saturated carbocycles. The zero-order valence-electron chi connectivity index (χ0n) is 16.6. The number of nitrogens with one attached hydrogen (secondary N) is 1. The van der Waals surface area contributed by atoms with E-state index in [1.165, 1.54) is 17.7 Å². The van der Waals surface area contributed by atoms with Crippen molar-refractivity contribution in [3.05, 3.63) is 75.8 Å². The van der Waals surface area contributed by atoms with Crippen molar-refractivity contribution in [2.75, 3.05) is 5.32 Å². The van der Waals surface area contributed by atoms with Gasteiger partial charge in [-0.25, -0.2) is 4.98 Å². The second kappa shape index (κ2) is 8.68. The number of hydrogen-bond donors (Lipinski definition) is 1. The summed E-state index contributed by atoms with van der Waals surface area (Å²) in [6.07, 6.45) is 2.15. The molecule has 1 N–H and O–H groups in total. The van der Waals surface area contributed by atoms with Crippen LogP contribution in [0.4, 0.5) is 11.4 Å². The van der Waals surface area contributed by atoms with Gasteiger partial charge in [-0.1, -0.05) is 44.2 Å². The maximum Gasteiger partial charge on any atom is 0.271 e. The number of non-ortho nitro benzene ring substituents is 1. The fourth-order valence-electron chi connectivity index (χ4n) is 2.88. The third-order valence-electron chi connectivity index (χ3n) is 4.69. The molecule has 0 radical (unpaired) electrons. The van der Waals surface area contributed by atoms with Crippen LogP contribution in [0, 0.1) is 17.0 Å². The lowest BCUT2D eigenvalue weighted by Crippen LogP contribution is -2.13. The average molecular weight is 393 g/mol. The number of nitro benzene ring substituents is 1. The summed E-state index contributed by atoms with van der Waals surface area (Å²) in [5, 5.41) is 13.6. The van der Waals surface area contributed by atoms with E-state index in [2.05, 4.69) is 36.3 Å². The van der Waals surface area contributed by atoms with E-state index in [9.17, 15) is 14.9 Å². The molecular formula is C22H23N3O4. The molecule has 7 nitrogen and oxygen atoms in total. The van der Waals surface area contributed by atoms with Gasteiger partial charge in [0.15, 0.2) is 11.7 Å². The van der Waals surface area contributed by atoms with Crippen molar-refractivity contribution in [3.8, 4) is 11.3 Å². The molecule has 3 aromatic rings. The highest BCUT2D eigenvalue weighted by Crippen LogP contribution is 2.24. The number of oxazole rings is 1. The van der Waals surface area contributed by atoms with Crippen LogP contribution in [0.15, 0.2) is 53.1 Å². The predicted octanol–water partition coefficient (Wildman–Crippen LogP) is 5.25. The molecule has 0 spiro atoms. The lowest BCUT2D eigenvalue weighted by molar-refractivity contribution is -0.384. The zero-order valence-corrected chi connectivity index (χ0v) is 16.6. The third kappa shape index (κ3) is 5.07. The first-order valence-corrected chi connectivity index (χ1v) is 9.43. The van der Waals surface area contributed by atoms with Crippen LogP contribution in [0.1, 0.15) is 43.2 Å². The summed E-state index contributed by atoms with van der Waals surface area (Å²) < 4.78 is 5.76. The molecule has 0 saturated heterocycles. The van der Waals surface area contributed by atoms with E-state index in [0.29, 0.717) is 29.7 Å². The molecule has 1 heterocycles. The Morgan fingerprint density at radius 2 is 1.93 bits per heavy atom. The molecule has 1 aromatic heterocycles. The molecule has 29 heavy (non-hydrogen) atoms. The van der Waals surface area contributed by atoms with Crippen molar-refractivity contribution in [2.24, 2.45) is 0 Å². The Labute approximate surface area is 168 Å². The number of nitro groups is 1. The van der Waals surface area contributed by atoms with Crippen molar-refractivity contribution in [1.29, 1.82) is 0 Å². The van der Waals surface area contributed by atoms with Crippen LogP contribution >= 0.6 is 0 Å². The van der Waals surface area contributed by atoms with Crippen LogP contribution in [0.3, 0.4) is 0 Å². The van der Waals surface area contributed by atoms with Gasteiger partial charge >= 0.3 is 0 Å². The first kappa shape index (κ1) is 20.3. The van der Waals surface area contributed by atoms with Crippen molar-refractivity contribution in [2.45, 2.75) is 39.5 Å². The molecule has 1 amide bonds. The monoisotopic (exact) mass is 393 g/mol. The van der Waals surface area contributed by atoms with E-state index in [4.69, 9.17) is 4.42 Å². The second-order valence-corrected chi connectivity index (χ2v) is 7.20. The number of hydrogen-bond acceptors (Lipinski definition) is 5. The van der Waals surface area contributed by atoms with Crippen LogP contribution in [0.25, 0.3) is 11.3 Å². The highest BCUT2D eigenvalue weighted by molar-refractivity contribution is 5.91. The fourth-order valence-corrected chi connectivity index (χ4v) is 2.88. The first-order chi connectivity index (χ1) is 13.8. The van der Waals surface area contributed by atoms with Crippen LogP contribution in [-0.2, 0) is 11.2 Å². The number of aromatic nitrogens is 1. The lowest BCUT2D eigenvalue weighted by atomic mass is 10.0. The quantitative estimate of drug-likeness (QED) is 0.436. The van der Waals surface area contributed by atoms with Gasteiger partial charge in [-0.3, -0.25) is 14.9 Å². The standard InChI is InChI=1S/C22H23N3O4/c1-14(2)16-5-7-17(8-6-16)20-13-23-22(29-20)11-10-21(26)24-19-12-18(25(27)28)9-4-15(19)3/h4-9,12-14H,10-11H2,1-3H3,(H,24,26). The van der Waals surface area contributed by atoms with Gasteiger partial charge in [0.25, 0.3) is 5.69 Å². The Morgan fingerprint density at radius 3 is 2.59 bits per heavy atom. The number of aryl methyl sites for hydroxylation is 2. The number of carbonyl (C=O) groups is 1. The maximum absolute atomic E-state index is 12.2. The van der Waals surface area contributed by atoms with Gasteiger partial charge in [0, 0.05) is 30.5 Å². The minimum atomic E-state index is -0.489. The van der Waals surface area contributed by atoms with E-state index in [0.717, 1.165) is 11.1 Å². The number of rotatable bonds is 7. The summed E-state index contributed by atoms with van der Waals surface area (Å²) in [6, 6.07) is 12.5. The molecule has 0 atom stereocenters. The van der Waals surface area contributed by atoms with Crippen LogP contribution < -0.4 is 5.32 Å². The van der Waals surface area contributed by atoms with Gasteiger partial charge in [-0.2, -0.15) is 0 Å². The van der Waals surface area contributed by atoms with Crippen molar-refractivity contribution in [1.82, 2.24) is 4.98 Å². The van der Waals surface area contributed by atoms with E-state index >= 15 is 0 Å². The SMILES string of the molecule is Cc1ccc([N+](=O)[O-])cc1NC(=O)CCc1ncc(-c2ccc(C(C)C)cc2)o1. The average Bonchev–Trinajstić information content (AvgIpc) is 3.17. The first-order valence-electron chi connectivity index (χ1n) is 9.43. The highest BCUT2D eigenvalue weighted by Gasteiger charge is 2.13. The van der Waals surface area contributed by atoms with Gasteiger partial charge in [-0.15, -0.1) is 0 Å². The second-order valence-electron chi connectivity index (χ2n) is 7.20. The molecule has 2 aromatic carbocycles. The summed E-state index contributed by atoms with van der Waals surface area (Å²) in [5.74, 6) is 1.33. The minimum Gasteiger partial charge on any atom is -0.441 e. The summed E-state index contributed by atoms with van der Waals surface area (Å²) in [6.45, 7) is 6.06. The molecule has 0 aliphatic heterocycles. The molecule has 0 unspecified atom stereocenters. The van der Waals surface area contributed by atoms with Crippen LogP contribution in [-0.4, -0.2) is 15.8 Å². The van der Waals surface area contributed by atoms with E-state index < -0.39 is 4.92 Å². The van der Waals surface area contributed by atoms with Gasteiger partial charge in [0.1, 0.15) is 0 Å². The van der Waals surface area contributed by atoms with E-state index in [-0.39, 0.29) is 18.0 Å². The third-order valence-corrected chi connectivity index (χ3v) is 4.69. The molecule has 3 rings (SSSR count).